The molecular formula is C22H26N2O3S2. The largest absolute Gasteiger partial charge is 0.383 e. The fourth-order valence-corrected chi connectivity index (χ4v) is 5.59. The Hall–Kier alpha value is -1.96. The second-order valence-electron chi connectivity index (χ2n) is 7.29. The number of Topliss-reactive ketones (excluding diaryl/α,β-unsaturated/α-hetero) is 1. The summed E-state index contributed by atoms with van der Waals surface area (Å²) in [5, 5.41) is 1.24. The molecule has 0 N–H and O–H groups in total. The molecule has 0 atom stereocenters. The van der Waals surface area contributed by atoms with Gasteiger partial charge in [0.15, 0.2) is 10.9 Å². The number of carbonyl (C=O) groups is 1. The normalized spacial score (nSPS) is 11.4. The van der Waals surface area contributed by atoms with E-state index in [-0.39, 0.29) is 17.1 Å². The summed E-state index contributed by atoms with van der Waals surface area (Å²) in [6.07, 6.45) is 0. The second-order valence-corrected chi connectivity index (χ2v) is 9.44. The first-order chi connectivity index (χ1) is 13.7. The lowest BCUT2D eigenvalue weighted by Gasteiger charge is -2.13. The third kappa shape index (κ3) is 4.32. The van der Waals surface area contributed by atoms with Crippen LogP contribution in [-0.4, -0.2) is 34.8 Å². The van der Waals surface area contributed by atoms with Gasteiger partial charge in [0.05, 0.1) is 24.3 Å². The number of ether oxygens (including phenoxy) is 1. The zero-order chi connectivity index (χ0) is 21.3. The lowest BCUT2D eigenvalue weighted by Crippen LogP contribution is -2.25. The van der Waals surface area contributed by atoms with Crippen LogP contribution in [0.2, 0.25) is 0 Å². The van der Waals surface area contributed by atoms with Crippen LogP contribution in [0.25, 0.3) is 10.2 Å². The van der Waals surface area contributed by atoms with Gasteiger partial charge in [-0.1, -0.05) is 29.5 Å². The van der Waals surface area contributed by atoms with Crippen molar-refractivity contribution >= 4 is 39.1 Å². The minimum atomic E-state index is -0.0634. The highest BCUT2D eigenvalue weighted by molar-refractivity contribution is 7.99. The van der Waals surface area contributed by atoms with Crippen molar-refractivity contribution < 1.29 is 9.53 Å². The average molecular weight is 431 g/mol. The van der Waals surface area contributed by atoms with Gasteiger partial charge in [0, 0.05) is 17.6 Å². The smallest absolute Gasteiger partial charge is 0.263 e. The van der Waals surface area contributed by atoms with Crippen molar-refractivity contribution in [1.29, 1.82) is 0 Å². The molecule has 154 valence electrons. The number of aromatic nitrogens is 2. The molecule has 0 radical (unpaired) electrons. The molecule has 0 bridgehead atoms. The van der Waals surface area contributed by atoms with Gasteiger partial charge in [-0.15, -0.1) is 11.3 Å². The number of thiophene rings is 1. The van der Waals surface area contributed by atoms with Gasteiger partial charge < -0.3 is 4.74 Å². The summed E-state index contributed by atoms with van der Waals surface area (Å²) in [5.74, 6) is 0.287. The quantitative estimate of drug-likeness (QED) is 0.311. The van der Waals surface area contributed by atoms with Gasteiger partial charge in [-0.25, -0.2) is 4.98 Å². The molecular weight excluding hydrogens is 404 g/mol. The van der Waals surface area contributed by atoms with E-state index in [4.69, 9.17) is 9.72 Å². The summed E-state index contributed by atoms with van der Waals surface area (Å²) in [6, 6.07) is 4.06. The molecule has 0 aliphatic carbocycles. The van der Waals surface area contributed by atoms with Gasteiger partial charge in [0.25, 0.3) is 5.56 Å². The summed E-state index contributed by atoms with van der Waals surface area (Å²) >= 11 is 2.84. The minimum Gasteiger partial charge on any atom is -0.383 e. The fourth-order valence-electron chi connectivity index (χ4n) is 3.62. The number of nitrogens with zero attached hydrogens (tertiary/aromatic N) is 2. The molecule has 5 nitrogen and oxygen atoms in total. The molecule has 3 aromatic rings. The van der Waals surface area contributed by atoms with Gasteiger partial charge in [0.2, 0.25) is 0 Å². The number of hydrogen-bond donors (Lipinski definition) is 0. The molecule has 0 saturated heterocycles. The first-order valence-electron chi connectivity index (χ1n) is 9.48. The zero-order valence-electron chi connectivity index (χ0n) is 17.7. The first-order valence-corrected chi connectivity index (χ1v) is 11.3. The SMILES string of the molecule is COCCn1c(SCC(=O)c2c(C)cc(C)cc2C)nc2sc(C)c(C)c2c1=O. The highest BCUT2D eigenvalue weighted by Gasteiger charge is 2.19. The van der Waals surface area contributed by atoms with Crippen LogP contribution in [0.3, 0.4) is 0 Å². The molecule has 2 heterocycles. The Bertz CT molecular complexity index is 1120. The number of rotatable bonds is 7. The number of benzene rings is 1. The van der Waals surface area contributed by atoms with E-state index < -0.39 is 0 Å². The Morgan fingerprint density at radius 3 is 2.45 bits per heavy atom. The molecule has 0 spiro atoms. The number of methoxy groups -OCH3 is 1. The number of ketones is 1. The molecule has 0 fully saturated rings. The summed E-state index contributed by atoms with van der Waals surface area (Å²) in [4.78, 5) is 32.6. The maximum Gasteiger partial charge on any atom is 0.263 e. The topological polar surface area (TPSA) is 61.2 Å². The summed E-state index contributed by atoms with van der Waals surface area (Å²) < 4.78 is 6.82. The standard InChI is InChI=1S/C22H26N2O3S2/c1-12-9-13(2)18(14(3)10-12)17(25)11-28-22-23-20-19(15(4)16(5)29-20)21(26)24(22)7-8-27-6/h9-10H,7-8,11H2,1-6H3. The van der Waals surface area contributed by atoms with Gasteiger partial charge in [-0.2, -0.15) is 0 Å². The highest BCUT2D eigenvalue weighted by Crippen LogP contribution is 2.29. The molecule has 2 aromatic heterocycles. The Kier molecular flexibility index (Phi) is 6.61. The van der Waals surface area contributed by atoms with E-state index in [1.807, 2.05) is 46.8 Å². The number of hydrogen-bond acceptors (Lipinski definition) is 6. The van der Waals surface area contributed by atoms with Crippen LogP contribution >= 0.6 is 23.1 Å². The second kappa shape index (κ2) is 8.81. The molecule has 1 aromatic carbocycles. The van der Waals surface area contributed by atoms with Crippen LogP contribution in [-0.2, 0) is 11.3 Å². The van der Waals surface area contributed by atoms with E-state index in [2.05, 4.69) is 0 Å². The van der Waals surface area contributed by atoms with E-state index in [1.165, 1.54) is 23.1 Å². The van der Waals surface area contributed by atoms with Crippen molar-refractivity contribution in [3.8, 4) is 0 Å². The number of thioether (sulfide) groups is 1. The van der Waals surface area contributed by atoms with Crippen LogP contribution in [0.15, 0.2) is 22.1 Å². The van der Waals surface area contributed by atoms with Crippen molar-refractivity contribution in [3.05, 3.63) is 55.2 Å². The van der Waals surface area contributed by atoms with Crippen LogP contribution < -0.4 is 5.56 Å². The Morgan fingerprint density at radius 1 is 1.17 bits per heavy atom. The van der Waals surface area contributed by atoms with E-state index >= 15 is 0 Å². The third-order valence-electron chi connectivity index (χ3n) is 5.06. The van der Waals surface area contributed by atoms with Gasteiger partial charge in [-0.3, -0.25) is 14.2 Å². The van der Waals surface area contributed by atoms with E-state index in [0.29, 0.717) is 23.7 Å². The maximum atomic E-state index is 13.1. The molecule has 29 heavy (non-hydrogen) atoms. The zero-order valence-corrected chi connectivity index (χ0v) is 19.3. The fraction of sp³-hybridized carbons (Fsp3) is 0.409. The average Bonchev–Trinajstić information content (AvgIpc) is 2.92. The van der Waals surface area contributed by atoms with Crippen molar-refractivity contribution in [2.24, 2.45) is 0 Å². The number of aryl methyl sites for hydroxylation is 5. The predicted molar refractivity (Wildman–Crippen MR) is 121 cm³/mol. The molecule has 3 rings (SSSR count). The lowest BCUT2D eigenvalue weighted by atomic mass is 9.97. The Labute approximate surface area is 179 Å². The number of carbonyl (C=O) groups excluding carboxylic acids is 1. The van der Waals surface area contributed by atoms with Gasteiger partial charge in [-0.05, 0) is 51.3 Å². The van der Waals surface area contributed by atoms with Gasteiger partial charge in [0.1, 0.15) is 4.83 Å². The third-order valence-corrected chi connectivity index (χ3v) is 7.14. The van der Waals surface area contributed by atoms with Crippen LogP contribution in [0.5, 0.6) is 0 Å². The molecule has 0 aliphatic rings. The highest BCUT2D eigenvalue weighted by atomic mass is 32.2. The predicted octanol–water partition coefficient (Wildman–Crippen LogP) is 4.62. The summed E-state index contributed by atoms with van der Waals surface area (Å²) in [7, 11) is 1.61. The van der Waals surface area contributed by atoms with Crippen LogP contribution in [0.1, 0.15) is 37.5 Å². The van der Waals surface area contributed by atoms with E-state index in [0.717, 1.165) is 37.5 Å². The maximum absolute atomic E-state index is 13.1. The molecule has 0 aliphatic heterocycles. The van der Waals surface area contributed by atoms with E-state index in [1.54, 1.807) is 11.7 Å². The minimum absolute atomic E-state index is 0.0520. The van der Waals surface area contributed by atoms with Crippen molar-refractivity contribution in [3.63, 3.8) is 0 Å². The Balaban J connectivity index is 1.97. The summed E-state index contributed by atoms with van der Waals surface area (Å²) in [6.45, 7) is 10.7. The number of fused-ring (bicyclic) bond motifs is 1. The van der Waals surface area contributed by atoms with E-state index in [9.17, 15) is 9.59 Å². The lowest BCUT2D eigenvalue weighted by molar-refractivity contribution is 0.102. The summed E-state index contributed by atoms with van der Waals surface area (Å²) in [5.41, 5.74) is 4.79. The van der Waals surface area contributed by atoms with Crippen molar-refractivity contribution in [2.45, 2.75) is 46.3 Å². The molecule has 0 saturated carbocycles. The van der Waals surface area contributed by atoms with Crippen LogP contribution in [0.4, 0.5) is 0 Å². The molecule has 0 amide bonds. The monoisotopic (exact) mass is 430 g/mol. The first kappa shape index (κ1) is 21.7. The van der Waals surface area contributed by atoms with Crippen LogP contribution in [0, 0.1) is 34.6 Å². The van der Waals surface area contributed by atoms with Gasteiger partial charge >= 0.3 is 0 Å². The Morgan fingerprint density at radius 2 is 1.83 bits per heavy atom. The van der Waals surface area contributed by atoms with Crippen molar-refractivity contribution in [2.75, 3.05) is 19.5 Å². The molecule has 0 unspecified atom stereocenters. The molecule has 7 heteroatoms. The van der Waals surface area contributed by atoms with Crippen molar-refractivity contribution in [1.82, 2.24) is 9.55 Å².